The predicted octanol–water partition coefficient (Wildman–Crippen LogP) is 3.96. The number of hydrogen-bond acceptors (Lipinski definition) is 10. The van der Waals surface area contributed by atoms with Crippen LogP contribution < -0.4 is 20.3 Å². The van der Waals surface area contributed by atoms with Crippen molar-refractivity contribution in [3.05, 3.63) is 35.3 Å². The number of para-hydroxylation sites is 1. The number of likely N-dealkylation sites (N-methyl/N-ethyl adjacent to an activating group) is 1. The van der Waals surface area contributed by atoms with Gasteiger partial charge >= 0.3 is 12.1 Å². The Kier molecular flexibility index (Phi) is 9.11. The van der Waals surface area contributed by atoms with Crippen molar-refractivity contribution in [1.29, 1.82) is 5.26 Å². The van der Waals surface area contributed by atoms with Crippen molar-refractivity contribution >= 4 is 23.3 Å². The van der Waals surface area contributed by atoms with Gasteiger partial charge in [0.05, 0.1) is 42.1 Å². The van der Waals surface area contributed by atoms with E-state index in [4.69, 9.17) is 25.2 Å². The average Bonchev–Trinajstić information content (AvgIpc) is 3.23. The number of halogens is 1. The molecule has 0 unspecified atom stereocenters. The standard InChI is InChI=1S/C31H43FN8O3/c1-31(2,3)43-30(41)40-17-16-39(18-21(40)12-13-33)28-23-9-7-15-38(27-24(32)10-5-11-25(27)34)19-26(23)35-29(36-28)42-20-22-8-6-14-37(22)4/h5,10-11,21-22H,6-9,12,14-20,34H2,1-4H3/t21-,22-/m0/s1. The van der Waals surface area contributed by atoms with Gasteiger partial charge in [-0.05, 0) is 72.2 Å². The van der Waals surface area contributed by atoms with Gasteiger partial charge in [0.15, 0.2) is 0 Å². The van der Waals surface area contributed by atoms with Crippen molar-refractivity contribution in [3.63, 3.8) is 0 Å². The number of nitrogens with two attached hydrogens (primary N) is 1. The van der Waals surface area contributed by atoms with Gasteiger partial charge in [0, 0.05) is 37.8 Å². The number of nitriles is 1. The van der Waals surface area contributed by atoms with Gasteiger partial charge in [0.1, 0.15) is 23.8 Å². The van der Waals surface area contributed by atoms with Crippen LogP contribution in [-0.4, -0.2) is 89.9 Å². The topological polar surface area (TPSA) is 124 Å². The van der Waals surface area contributed by atoms with Crippen molar-refractivity contribution in [2.75, 3.05) is 61.9 Å². The molecule has 0 bridgehead atoms. The van der Waals surface area contributed by atoms with Crippen LogP contribution in [-0.2, 0) is 17.7 Å². The van der Waals surface area contributed by atoms with Crippen LogP contribution in [0, 0.1) is 17.1 Å². The van der Waals surface area contributed by atoms with Gasteiger partial charge in [-0.2, -0.15) is 15.2 Å². The normalized spacial score (nSPS) is 21.3. The summed E-state index contributed by atoms with van der Waals surface area (Å²) in [4.78, 5) is 30.8. The number of piperazine rings is 1. The molecule has 2 atom stereocenters. The summed E-state index contributed by atoms with van der Waals surface area (Å²) in [6, 6.07) is 7.19. The third-order valence-electron chi connectivity index (χ3n) is 8.39. The van der Waals surface area contributed by atoms with Crippen molar-refractivity contribution in [2.45, 2.75) is 77.1 Å². The minimum atomic E-state index is -0.636. The molecule has 3 aliphatic rings. The summed E-state index contributed by atoms with van der Waals surface area (Å²) in [5.74, 6) is 0.381. The molecule has 0 aliphatic carbocycles. The zero-order valence-electron chi connectivity index (χ0n) is 25.7. The van der Waals surface area contributed by atoms with Gasteiger partial charge < -0.3 is 34.8 Å². The van der Waals surface area contributed by atoms with Crippen molar-refractivity contribution in [1.82, 2.24) is 19.8 Å². The lowest BCUT2D eigenvalue weighted by molar-refractivity contribution is 0.0144. The van der Waals surface area contributed by atoms with Crippen molar-refractivity contribution in [3.8, 4) is 12.1 Å². The van der Waals surface area contributed by atoms with Crippen LogP contribution in [0.25, 0.3) is 0 Å². The first kappa shape index (κ1) is 30.6. The number of ether oxygens (including phenoxy) is 2. The number of nitrogen functional groups attached to an aromatic ring is 1. The molecule has 5 rings (SSSR count). The highest BCUT2D eigenvalue weighted by molar-refractivity contribution is 5.70. The predicted molar refractivity (Wildman–Crippen MR) is 163 cm³/mol. The van der Waals surface area contributed by atoms with Gasteiger partial charge in [-0.1, -0.05) is 6.07 Å². The smallest absolute Gasteiger partial charge is 0.410 e. The van der Waals surface area contributed by atoms with Crippen LogP contribution in [0.5, 0.6) is 6.01 Å². The van der Waals surface area contributed by atoms with Crippen LogP contribution in [0.4, 0.5) is 26.4 Å². The largest absolute Gasteiger partial charge is 0.462 e. The zero-order chi connectivity index (χ0) is 30.7. The quantitative estimate of drug-likeness (QED) is 0.492. The lowest BCUT2D eigenvalue weighted by Crippen LogP contribution is -2.56. The summed E-state index contributed by atoms with van der Waals surface area (Å²) in [6.07, 6.45) is 3.37. The molecule has 0 radical (unpaired) electrons. The molecule has 0 spiro atoms. The molecule has 1 aromatic carbocycles. The zero-order valence-corrected chi connectivity index (χ0v) is 25.7. The molecule has 2 saturated heterocycles. The number of likely N-dealkylation sites (tertiary alicyclic amines) is 1. The Hall–Kier alpha value is -3.85. The van der Waals surface area contributed by atoms with Gasteiger partial charge in [0.2, 0.25) is 0 Å². The summed E-state index contributed by atoms with van der Waals surface area (Å²) in [6.45, 7) is 9.29. The van der Waals surface area contributed by atoms with E-state index in [1.165, 1.54) is 6.07 Å². The monoisotopic (exact) mass is 594 g/mol. The number of fused-ring (bicyclic) bond motifs is 1. The summed E-state index contributed by atoms with van der Waals surface area (Å²) in [7, 11) is 2.10. The van der Waals surface area contributed by atoms with Gasteiger partial charge in [-0.25, -0.2) is 9.18 Å². The first-order valence-electron chi connectivity index (χ1n) is 15.2. The number of carbonyl (C=O) groups excluding carboxylic acids is 1. The van der Waals surface area contributed by atoms with E-state index >= 15 is 0 Å². The second kappa shape index (κ2) is 12.8. The van der Waals surface area contributed by atoms with Crippen LogP contribution in [0.15, 0.2) is 18.2 Å². The fourth-order valence-electron chi connectivity index (χ4n) is 6.22. The Balaban J connectivity index is 1.47. The van der Waals surface area contributed by atoms with Crippen molar-refractivity contribution in [2.24, 2.45) is 0 Å². The van der Waals surface area contributed by atoms with Gasteiger partial charge in [-0.15, -0.1) is 0 Å². The third-order valence-corrected chi connectivity index (χ3v) is 8.39. The maximum absolute atomic E-state index is 15.0. The number of aromatic nitrogens is 2. The van der Waals surface area contributed by atoms with E-state index in [0.29, 0.717) is 57.1 Å². The Bertz CT molecular complexity index is 1340. The highest BCUT2D eigenvalue weighted by Gasteiger charge is 2.36. The van der Waals surface area contributed by atoms with E-state index in [-0.39, 0.29) is 30.3 Å². The highest BCUT2D eigenvalue weighted by atomic mass is 19.1. The van der Waals surface area contributed by atoms with Crippen LogP contribution >= 0.6 is 0 Å². The molecule has 1 amide bonds. The molecular weight excluding hydrogens is 551 g/mol. The van der Waals surface area contributed by atoms with Gasteiger partial charge in [0.25, 0.3) is 0 Å². The molecule has 232 valence electrons. The summed E-state index contributed by atoms with van der Waals surface area (Å²) >= 11 is 0. The molecule has 4 heterocycles. The average molecular weight is 595 g/mol. The van der Waals surface area contributed by atoms with Gasteiger partial charge in [-0.3, -0.25) is 0 Å². The Morgan fingerprint density at radius 3 is 2.65 bits per heavy atom. The molecule has 0 saturated carbocycles. The molecule has 2 aromatic rings. The minimum absolute atomic E-state index is 0.167. The summed E-state index contributed by atoms with van der Waals surface area (Å²) < 4.78 is 26.9. The highest BCUT2D eigenvalue weighted by Crippen LogP contribution is 2.35. The first-order chi connectivity index (χ1) is 20.5. The van der Waals surface area contributed by atoms with Crippen LogP contribution in [0.2, 0.25) is 0 Å². The molecule has 11 nitrogen and oxygen atoms in total. The summed E-state index contributed by atoms with van der Waals surface area (Å²) in [5, 5.41) is 9.61. The molecular formula is C31H43FN8O3. The number of hydrogen-bond donors (Lipinski definition) is 1. The van der Waals surface area contributed by atoms with Crippen LogP contribution in [0.3, 0.4) is 0 Å². The van der Waals surface area contributed by atoms with E-state index in [0.717, 1.165) is 42.9 Å². The van der Waals surface area contributed by atoms with E-state index in [9.17, 15) is 14.4 Å². The maximum atomic E-state index is 15.0. The Morgan fingerprint density at radius 2 is 1.95 bits per heavy atom. The fourth-order valence-corrected chi connectivity index (χ4v) is 6.22. The molecule has 3 aliphatic heterocycles. The van der Waals surface area contributed by atoms with E-state index in [2.05, 4.69) is 22.9 Å². The summed E-state index contributed by atoms with van der Waals surface area (Å²) in [5.41, 5.74) is 8.10. The van der Waals surface area contributed by atoms with Crippen molar-refractivity contribution < 1.29 is 18.7 Å². The number of benzene rings is 1. The number of amides is 1. The maximum Gasteiger partial charge on any atom is 0.410 e. The second-order valence-electron chi connectivity index (χ2n) is 12.7. The molecule has 12 heteroatoms. The lowest BCUT2D eigenvalue weighted by atomic mass is 10.1. The number of carbonyl (C=O) groups is 1. The molecule has 1 aromatic heterocycles. The molecule has 2 N–H and O–H groups in total. The number of anilines is 3. The second-order valence-corrected chi connectivity index (χ2v) is 12.7. The molecule has 43 heavy (non-hydrogen) atoms. The lowest BCUT2D eigenvalue weighted by Gasteiger charge is -2.42. The SMILES string of the molecule is CN1CCC[C@H]1COc1nc2c(c(N3CCN(C(=O)OC(C)(C)C)[C@@H](CC#N)C3)n1)CCCN(c1c(N)cccc1F)C2. The minimum Gasteiger partial charge on any atom is -0.462 e. The van der Waals surface area contributed by atoms with Crippen LogP contribution in [0.1, 0.15) is 57.7 Å². The van der Waals surface area contributed by atoms with E-state index in [1.807, 2.05) is 25.7 Å². The van der Waals surface area contributed by atoms with E-state index < -0.39 is 11.7 Å². The number of nitrogens with zero attached hydrogens (tertiary/aromatic N) is 7. The number of rotatable bonds is 6. The molecule has 2 fully saturated rings. The van der Waals surface area contributed by atoms with E-state index in [1.54, 1.807) is 17.0 Å². The fraction of sp³-hybridized carbons (Fsp3) is 0.613. The third kappa shape index (κ3) is 7.04. The Morgan fingerprint density at radius 1 is 1.14 bits per heavy atom. The first-order valence-corrected chi connectivity index (χ1v) is 15.2. The Labute approximate surface area is 253 Å².